The van der Waals surface area contributed by atoms with Gasteiger partial charge in [0, 0.05) is 19.7 Å². The van der Waals surface area contributed by atoms with E-state index in [1.165, 1.54) is 7.05 Å². The molecule has 0 aliphatic carbocycles. The van der Waals surface area contributed by atoms with Crippen LogP contribution in [0.3, 0.4) is 0 Å². The molecule has 0 fully saturated rings. The number of amides is 2. The Morgan fingerprint density at radius 3 is 2.26 bits per heavy atom. The van der Waals surface area contributed by atoms with Gasteiger partial charge in [0.2, 0.25) is 0 Å². The van der Waals surface area contributed by atoms with E-state index in [1.807, 2.05) is 13.8 Å². The van der Waals surface area contributed by atoms with E-state index in [1.54, 1.807) is 6.92 Å². The summed E-state index contributed by atoms with van der Waals surface area (Å²) in [6.07, 6.45) is 0. The molecule has 0 saturated carbocycles. The third kappa shape index (κ3) is 6.37. The van der Waals surface area contributed by atoms with Gasteiger partial charge >= 0.3 is 5.97 Å². The molecule has 1 unspecified atom stereocenters. The van der Waals surface area contributed by atoms with Crippen LogP contribution in [0.5, 0.6) is 5.75 Å². The predicted molar refractivity (Wildman–Crippen MR) is 96.1 cm³/mol. The fourth-order valence-corrected chi connectivity index (χ4v) is 2.23. The molecule has 0 heterocycles. The standard InChI is InChI=1S/C18H24N2O7/c1-10(2)7-26-8-11(3)20-17(23)12-5-14(16(22)19-4)15(27-9-21)6-13(12)18(24)25/h5-6,9-11H,7-8H2,1-4H3,(H,19,22)(H,20,23)(H,24,25). The Morgan fingerprint density at radius 2 is 1.74 bits per heavy atom. The van der Waals surface area contributed by atoms with E-state index < -0.39 is 23.3 Å². The van der Waals surface area contributed by atoms with Crippen LogP contribution in [0.1, 0.15) is 51.8 Å². The summed E-state index contributed by atoms with van der Waals surface area (Å²) in [5.41, 5.74) is -0.758. The molecule has 0 aliphatic rings. The van der Waals surface area contributed by atoms with E-state index in [-0.39, 0.29) is 36.0 Å². The van der Waals surface area contributed by atoms with Gasteiger partial charge in [-0.05, 0) is 25.0 Å². The van der Waals surface area contributed by atoms with Crippen molar-refractivity contribution in [3.63, 3.8) is 0 Å². The van der Waals surface area contributed by atoms with Crippen LogP contribution in [-0.2, 0) is 9.53 Å². The molecular formula is C18H24N2O7. The number of hydrogen-bond acceptors (Lipinski definition) is 6. The zero-order valence-corrected chi connectivity index (χ0v) is 15.7. The summed E-state index contributed by atoms with van der Waals surface area (Å²) in [5.74, 6) is -2.64. The van der Waals surface area contributed by atoms with Gasteiger partial charge in [0.25, 0.3) is 18.3 Å². The Hall–Kier alpha value is -2.94. The summed E-state index contributed by atoms with van der Waals surface area (Å²) < 4.78 is 10.1. The van der Waals surface area contributed by atoms with Crippen LogP contribution in [0, 0.1) is 5.92 Å². The van der Waals surface area contributed by atoms with Crippen molar-refractivity contribution in [2.75, 3.05) is 20.3 Å². The first-order valence-electron chi connectivity index (χ1n) is 8.33. The Morgan fingerprint density at radius 1 is 1.07 bits per heavy atom. The molecule has 148 valence electrons. The molecule has 1 rings (SSSR count). The quantitative estimate of drug-likeness (QED) is 0.517. The summed E-state index contributed by atoms with van der Waals surface area (Å²) in [4.78, 5) is 46.7. The largest absolute Gasteiger partial charge is 0.478 e. The molecule has 2 amide bonds. The van der Waals surface area contributed by atoms with Crippen LogP contribution in [0.15, 0.2) is 12.1 Å². The van der Waals surface area contributed by atoms with E-state index in [0.717, 1.165) is 12.1 Å². The van der Waals surface area contributed by atoms with Crippen molar-refractivity contribution in [2.45, 2.75) is 26.8 Å². The number of carbonyl (C=O) groups is 4. The van der Waals surface area contributed by atoms with Crippen LogP contribution < -0.4 is 15.4 Å². The molecule has 1 aromatic carbocycles. The minimum atomic E-state index is -1.40. The first-order valence-corrected chi connectivity index (χ1v) is 8.33. The van der Waals surface area contributed by atoms with E-state index >= 15 is 0 Å². The van der Waals surface area contributed by atoms with Crippen LogP contribution in [-0.4, -0.2) is 55.7 Å². The van der Waals surface area contributed by atoms with E-state index in [9.17, 15) is 24.3 Å². The van der Waals surface area contributed by atoms with E-state index in [4.69, 9.17) is 4.74 Å². The molecule has 0 saturated heterocycles. The molecular weight excluding hydrogens is 356 g/mol. The van der Waals surface area contributed by atoms with Crippen molar-refractivity contribution in [3.05, 3.63) is 28.8 Å². The summed E-state index contributed by atoms with van der Waals surface area (Å²) in [5, 5.41) is 14.4. The van der Waals surface area contributed by atoms with Gasteiger partial charge in [0.15, 0.2) is 0 Å². The third-order valence-corrected chi connectivity index (χ3v) is 3.44. The van der Waals surface area contributed by atoms with Crippen molar-refractivity contribution in [3.8, 4) is 5.75 Å². The lowest BCUT2D eigenvalue weighted by Gasteiger charge is -2.17. The minimum absolute atomic E-state index is 0.0707. The van der Waals surface area contributed by atoms with Gasteiger partial charge < -0.3 is 25.2 Å². The Labute approximate surface area is 157 Å². The fraction of sp³-hybridized carbons (Fsp3) is 0.444. The molecule has 27 heavy (non-hydrogen) atoms. The fourth-order valence-electron chi connectivity index (χ4n) is 2.23. The normalized spacial score (nSPS) is 11.6. The summed E-state index contributed by atoms with van der Waals surface area (Å²) in [6.45, 7) is 6.54. The number of aromatic carboxylic acids is 1. The highest BCUT2D eigenvalue weighted by Gasteiger charge is 2.24. The maximum absolute atomic E-state index is 12.5. The Balaban J connectivity index is 3.15. The van der Waals surface area contributed by atoms with Crippen molar-refractivity contribution in [1.82, 2.24) is 10.6 Å². The molecule has 0 radical (unpaired) electrons. The molecule has 9 heteroatoms. The highest BCUT2D eigenvalue weighted by atomic mass is 16.5. The summed E-state index contributed by atoms with van der Waals surface area (Å²) >= 11 is 0. The second-order valence-electron chi connectivity index (χ2n) is 6.30. The topological polar surface area (TPSA) is 131 Å². The van der Waals surface area contributed by atoms with Gasteiger partial charge in [-0.3, -0.25) is 14.4 Å². The van der Waals surface area contributed by atoms with Crippen molar-refractivity contribution >= 4 is 24.3 Å². The molecule has 1 aromatic rings. The third-order valence-electron chi connectivity index (χ3n) is 3.44. The number of carboxylic acid groups (broad SMARTS) is 1. The lowest BCUT2D eigenvalue weighted by Crippen LogP contribution is -2.37. The number of benzene rings is 1. The number of ether oxygens (including phenoxy) is 2. The Kier molecular flexibility index (Phi) is 8.40. The lowest BCUT2D eigenvalue weighted by atomic mass is 10.0. The van der Waals surface area contributed by atoms with Crippen LogP contribution >= 0.6 is 0 Å². The van der Waals surface area contributed by atoms with Crippen LogP contribution in [0.25, 0.3) is 0 Å². The van der Waals surface area contributed by atoms with Crippen LogP contribution in [0.2, 0.25) is 0 Å². The van der Waals surface area contributed by atoms with Gasteiger partial charge in [0.1, 0.15) is 5.75 Å². The first kappa shape index (κ1) is 22.1. The smallest absolute Gasteiger partial charge is 0.336 e. The molecule has 0 aromatic heterocycles. The molecule has 0 spiro atoms. The van der Waals surface area contributed by atoms with Crippen molar-refractivity contribution in [1.29, 1.82) is 0 Å². The number of carbonyl (C=O) groups excluding carboxylic acids is 3. The van der Waals surface area contributed by atoms with Gasteiger partial charge in [-0.2, -0.15) is 0 Å². The Bertz CT molecular complexity index is 716. The number of carboxylic acids is 1. The average molecular weight is 380 g/mol. The van der Waals surface area contributed by atoms with Gasteiger partial charge in [0.05, 0.1) is 23.3 Å². The van der Waals surface area contributed by atoms with E-state index in [0.29, 0.717) is 12.5 Å². The predicted octanol–water partition coefficient (Wildman–Crippen LogP) is 1.07. The van der Waals surface area contributed by atoms with Gasteiger partial charge in [-0.25, -0.2) is 4.79 Å². The zero-order chi connectivity index (χ0) is 20.6. The number of nitrogens with one attached hydrogen (secondary N) is 2. The second-order valence-corrected chi connectivity index (χ2v) is 6.30. The highest BCUT2D eigenvalue weighted by Crippen LogP contribution is 2.24. The first-order chi connectivity index (χ1) is 12.7. The van der Waals surface area contributed by atoms with Crippen LogP contribution in [0.4, 0.5) is 0 Å². The highest BCUT2D eigenvalue weighted by molar-refractivity contribution is 6.08. The monoisotopic (exact) mass is 380 g/mol. The number of rotatable bonds is 10. The number of hydrogen-bond donors (Lipinski definition) is 3. The lowest BCUT2D eigenvalue weighted by molar-refractivity contribution is -0.120. The zero-order valence-electron chi connectivity index (χ0n) is 15.7. The van der Waals surface area contributed by atoms with Crippen molar-refractivity contribution in [2.24, 2.45) is 5.92 Å². The molecule has 1 atom stereocenters. The second kappa shape index (κ2) is 10.3. The molecule has 0 bridgehead atoms. The molecule has 9 nitrogen and oxygen atoms in total. The molecule has 0 aliphatic heterocycles. The van der Waals surface area contributed by atoms with Crippen molar-refractivity contribution < 1.29 is 33.8 Å². The minimum Gasteiger partial charge on any atom is -0.478 e. The molecule has 3 N–H and O–H groups in total. The maximum Gasteiger partial charge on any atom is 0.336 e. The summed E-state index contributed by atoms with van der Waals surface area (Å²) in [6, 6.07) is 1.67. The SMILES string of the molecule is CNC(=O)c1cc(C(=O)NC(C)COCC(C)C)c(C(=O)O)cc1OC=O. The summed E-state index contributed by atoms with van der Waals surface area (Å²) in [7, 11) is 1.35. The average Bonchev–Trinajstić information content (AvgIpc) is 2.60. The maximum atomic E-state index is 12.5. The van der Waals surface area contributed by atoms with E-state index in [2.05, 4.69) is 15.4 Å². The van der Waals surface area contributed by atoms with Gasteiger partial charge in [-0.1, -0.05) is 13.8 Å². The van der Waals surface area contributed by atoms with Gasteiger partial charge in [-0.15, -0.1) is 0 Å².